The Morgan fingerprint density at radius 1 is 1.32 bits per heavy atom. The van der Waals surface area contributed by atoms with E-state index < -0.39 is 10.8 Å². The zero-order chi connectivity index (χ0) is 18.1. The number of carbonyl (C=O) groups is 1. The molecule has 0 unspecified atom stereocenters. The third-order valence-electron chi connectivity index (χ3n) is 3.69. The molecular formula is C16H11BrN4O4. The number of aromatic hydroxyl groups is 1. The Bertz CT molecular complexity index is 1040. The number of nitro groups is 1. The van der Waals surface area contributed by atoms with E-state index in [1.54, 1.807) is 18.2 Å². The Hall–Kier alpha value is -3.07. The van der Waals surface area contributed by atoms with Gasteiger partial charge in [-0.05, 0) is 31.2 Å². The van der Waals surface area contributed by atoms with Gasteiger partial charge >= 0.3 is 0 Å². The van der Waals surface area contributed by atoms with Crippen molar-refractivity contribution in [3.05, 3.63) is 62.1 Å². The summed E-state index contributed by atoms with van der Waals surface area (Å²) in [6.45, 7) is 1.47. The molecule has 0 spiro atoms. The van der Waals surface area contributed by atoms with Gasteiger partial charge in [0.25, 0.3) is 11.6 Å². The standard InChI is InChI=1S/C16H11BrN4O4/c1-8-10(3-2-4-13(8)21(24)25)15(22)20-19-14-11-7-9(17)5-6-12(11)18-16(14)23/h2-7,18,23H,1H3. The van der Waals surface area contributed by atoms with Crippen molar-refractivity contribution >= 4 is 44.1 Å². The molecule has 9 heteroatoms. The van der Waals surface area contributed by atoms with Crippen LogP contribution in [0.1, 0.15) is 15.9 Å². The summed E-state index contributed by atoms with van der Waals surface area (Å²) in [7, 11) is 0. The minimum atomic E-state index is -0.732. The number of amides is 1. The minimum Gasteiger partial charge on any atom is -0.493 e. The summed E-state index contributed by atoms with van der Waals surface area (Å²) < 4.78 is 0.774. The van der Waals surface area contributed by atoms with Gasteiger partial charge in [0.1, 0.15) is 0 Å². The molecule has 1 heterocycles. The van der Waals surface area contributed by atoms with Crippen molar-refractivity contribution in [1.29, 1.82) is 0 Å². The number of aromatic amines is 1. The van der Waals surface area contributed by atoms with Gasteiger partial charge in [0.2, 0.25) is 5.88 Å². The van der Waals surface area contributed by atoms with E-state index in [0.29, 0.717) is 10.9 Å². The van der Waals surface area contributed by atoms with E-state index in [1.165, 1.54) is 25.1 Å². The molecule has 1 amide bonds. The number of hydrogen-bond donors (Lipinski definition) is 2. The average molecular weight is 403 g/mol. The van der Waals surface area contributed by atoms with Gasteiger partial charge in [-0.25, -0.2) is 0 Å². The highest BCUT2D eigenvalue weighted by Gasteiger charge is 2.18. The second-order valence-electron chi connectivity index (χ2n) is 5.22. The van der Waals surface area contributed by atoms with Gasteiger partial charge in [0.15, 0.2) is 5.69 Å². The summed E-state index contributed by atoms with van der Waals surface area (Å²) in [6, 6.07) is 9.42. The van der Waals surface area contributed by atoms with Gasteiger partial charge in [0.05, 0.1) is 16.0 Å². The van der Waals surface area contributed by atoms with E-state index in [4.69, 9.17) is 0 Å². The van der Waals surface area contributed by atoms with E-state index in [2.05, 4.69) is 31.1 Å². The maximum atomic E-state index is 12.3. The van der Waals surface area contributed by atoms with Gasteiger partial charge in [-0.1, -0.05) is 22.0 Å². The predicted molar refractivity (Wildman–Crippen MR) is 94.3 cm³/mol. The lowest BCUT2D eigenvalue weighted by Gasteiger charge is -2.01. The lowest BCUT2D eigenvalue weighted by atomic mass is 10.1. The van der Waals surface area contributed by atoms with E-state index in [1.807, 2.05) is 0 Å². The van der Waals surface area contributed by atoms with Gasteiger partial charge < -0.3 is 10.1 Å². The van der Waals surface area contributed by atoms with Crippen LogP contribution in [-0.2, 0) is 0 Å². The minimum absolute atomic E-state index is 0.0819. The van der Waals surface area contributed by atoms with Crippen LogP contribution in [0.15, 0.2) is 51.1 Å². The number of benzene rings is 2. The number of hydrogen-bond acceptors (Lipinski definition) is 5. The number of H-pyrrole nitrogens is 1. The van der Waals surface area contributed by atoms with Gasteiger partial charge in [-0.15, -0.1) is 10.2 Å². The summed E-state index contributed by atoms with van der Waals surface area (Å²) in [6.07, 6.45) is 0. The summed E-state index contributed by atoms with van der Waals surface area (Å²) in [4.78, 5) is 25.4. The van der Waals surface area contributed by atoms with Crippen LogP contribution in [0.2, 0.25) is 0 Å². The van der Waals surface area contributed by atoms with Crippen molar-refractivity contribution in [2.24, 2.45) is 10.2 Å². The van der Waals surface area contributed by atoms with Crippen LogP contribution in [-0.4, -0.2) is 20.9 Å². The first kappa shape index (κ1) is 16.8. The van der Waals surface area contributed by atoms with E-state index in [0.717, 1.165) is 4.47 Å². The topological polar surface area (TPSA) is 121 Å². The van der Waals surface area contributed by atoms with Gasteiger partial charge in [-0.2, -0.15) is 0 Å². The van der Waals surface area contributed by atoms with Crippen molar-refractivity contribution in [3.8, 4) is 5.88 Å². The maximum Gasteiger partial charge on any atom is 0.295 e. The van der Waals surface area contributed by atoms with Crippen LogP contribution in [0.25, 0.3) is 10.9 Å². The smallest absolute Gasteiger partial charge is 0.295 e. The lowest BCUT2D eigenvalue weighted by molar-refractivity contribution is -0.385. The Kier molecular flexibility index (Phi) is 4.32. The molecule has 2 N–H and O–H groups in total. The van der Waals surface area contributed by atoms with E-state index in [9.17, 15) is 20.0 Å². The zero-order valence-electron chi connectivity index (χ0n) is 12.9. The molecule has 0 radical (unpaired) electrons. The quantitative estimate of drug-likeness (QED) is 0.371. The maximum absolute atomic E-state index is 12.3. The second-order valence-corrected chi connectivity index (χ2v) is 6.14. The highest BCUT2D eigenvalue weighted by atomic mass is 79.9. The fourth-order valence-electron chi connectivity index (χ4n) is 2.44. The summed E-state index contributed by atoms with van der Waals surface area (Å²) in [5.74, 6) is -0.953. The summed E-state index contributed by atoms with van der Waals surface area (Å²) in [5.41, 5.74) is 0.877. The van der Waals surface area contributed by atoms with Gasteiger partial charge in [0, 0.05) is 21.5 Å². The molecule has 0 bridgehead atoms. The number of rotatable bonds is 3. The third-order valence-corrected chi connectivity index (χ3v) is 4.18. The van der Waals surface area contributed by atoms with E-state index >= 15 is 0 Å². The van der Waals surface area contributed by atoms with Crippen molar-refractivity contribution in [1.82, 2.24) is 4.98 Å². The molecule has 0 aliphatic carbocycles. The fraction of sp³-hybridized carbons (Fsp3) is 0.0625. The molecule has 2 aromatic carbocycles. The number of halogens is 1. The largest absolute Gasteiger partial charge is 0.493 e. The monoisotopic (exact) mass is 402 g/mol. The number of nitrogens with one attached hydrogen (secondary N) is 1. The number of nitro benzene ring substituents is 1. The Labute approximate surface area is 149 Å². The molecule has 3 aromatic rings. The molecule has 0 atom stereocenters. The molecule has 1 aromatic heterocycles. The average Bonchev–Trinajstić information content (AvgIpc) is 2.87. The van der Waals surface area contributed by atoms with Crippen molar-refractivity contribution < 1.29 is 14.8 Å². The Balaban J connectivity index is 1.99. The summed E-state index contributed by atoms with van der Waals surface area (Å²) >= 11 is 3.33. The van der Waals surface area contributed by atoms with Crippen LogP contribution in [0.5, 0.6) is 5.88 Å². The molecule has 0 saturated heterocycles. The number of aromatic nitrogens is 1. The molecule has 0 aliphatic heterocycles. The first-order valence-electron chi connectivity index (χ1n) is 7.08. The van der Waals surface area contributed by atoms with Crippen LogP contribution >= 0.6 is 15.9 Å². The number of nitrogens with zero attached hydrogens (tertiary/aromatic N) is 3. The van der Waals surface area contributed by atoms with Crippen molar-refractivity contribution in [3.63, 3.8) is 0 Å². The zero-order valence-corrected chi connectivity index (χ0v) is 14.4. The van der Waals surface area contributed by atoms with Crippen LogP contribution in [0.4, 0.5) is 11.4 Å². The molecule has 0 aliphatic rings. The Morgan fingerprint density at radius 2 is 2.08 bits per heavy atom. The lowest BCUT2D eigenvalue weighted by Crippen LogP contribution is -2.01. The van der Waals surface area contributed by atoms with Crippen LogP contribution in [0.3, 0.4) is 0 Å². The fourth-order valence-corrected chi connectivity index (χ4v) is 2.80. The van der Waals surface area contributed by atoms with Crippen LogP contribution in [0, 0.1) is 17.0 Å². The first-order valence-corrected chi connectivity index (χ1v) is 7.88. The van der Waals surface area contributed by atoms with Gasteiger partial charge in [-0.3, -0.25) is 14.9 Å². The number of fused-ring (bicyclic) bond motifs is 1. The highest BCUT2D eigenvalue weighted by molar-refractivity contribution is 9.10. The molecule has 126 valence electrons. The highest BCUT2D eigenvalue weighted by Crippen LogP contribution is 2.37. The number of carbonyl (C=O) groups excluding carboxylic acids is 1. The normalized spacial score (nSPS) is 11.3. The van der Waals surface area contributed by atoms with Crippen molar-refractivity contribution in [2.45, 2.75) is 6.92 Å². The Morgan fingerprint density at radius 3 is 2.80 bits per heavy atom. The number of azo groups is 1. The molecule has 3 rings (SSSR count). The first-order chi connectivity index (χ1) is 11.9. The second kappa shape index (κ2) is 6.44. The van der Waals surface area contributed by atoms with Crippen molar-refractivity contribution in [2.75, 3.05) is 0 Å². The third kappa shape index (κ3) is 3.13. The molecule has 0 fully saturated rings. The van der Waals surface area contributed by atoms with E-state index in [-0.39, 0.29) is 28.4 Å². The van der Waals surface area contributed by atoms with Crippen LogP contribution < -0.4 is 0 Å². The molecule has 25 heavy (non-hydrogen) atoms. The predicted octanol–water partition coefficient (Wildman–Crippen LogP) is 4.78. The molecular weight excluding hydrogens is 392 g/mol. The molecule has 8 nitrogen and oxygen atoms in total. The molecule has 0 saturated carbocycles. The SMILES string of the molecule is Cc1c(C(=O)N=Nc2c(O)[nH]c3ccc(Br)cc23)cccc1[N+](=O)[O-]. The summed E-state index contributed by atoms with van der Waals surface area (Å²) in [5, 5.41) is 28.9.